The van der Waals surface area contributed by atoms with Gasteiger partial charge in [-0.3, -0.25) is 9.59 Å². The maximum atomic E-state index is 12.8. The summed E-state index contributed by atoms with van der Waals surface area (Å²) < 4.78 is 11.4. The number of carbonyl (C=O) groups excluding carboxylic acids is 2. The zero-order valence-corrected chi connectivity index (χ0v) is 23.3. The van der Waals surface area contributed by atoms with Crippen molar-refractivity contribution < 1.29 is 18.7 Å². The van der Waals surface area contributed by atoms with Crippen molar-refractivity contribution in [3.63, 3.8) is 0 Å². The van der Waals surface area contributed by atoms with E-state index in [9.17, 15) is 9.59 Å². The van der Waals surface area contributed by atoms with Crippen molar-refractivity contribution in [2.45, 2.75) is 39.3 Å². The molecule has 37 heavy (non-hydrogen) atoms. The van der Waals surface area contributed by atoms with Crippen molar-refractivity contribution in [2.75, 3.05) is 0 Å². The van der Waals surface area contributed by atoms with Crippen molar-refractivity contribution in [1.82, 2.24) is 10.7 Å². The maximum absolute atomic E-state index is 12.8. The zero-order valence-electron chi connectivity index (χ0n) is 20.2. The topological polar surface area (TPSA) is 92.9 Å². The normalized spacial score (nSPS) is 13.0. The summed E-state index contributed by atoms with van der Waals surface area (Å²) in [5, 5.41) is 8.37. The number of carbonyl (C=O) groups is 2. The summed E-state index contributed by atoms with van der Waals surface area (Å²) in [6, 6.07) is 12.3. The van der Waals surface area contributed by atoms with Gasteiger partial charge < -0.3 is 14.5 Å². The SMILES string of the molecule is CC(C)C[C@H](NC(=O)[C@H](C)Oc1ccc(Cl)cc1Cl)C(=O)N/N=C\c1ccc(-c2ccc(Cl)cc2Cl)o1. The molecular formula is C26H25Cl4N3O4. The van der Waals surface area contributed by atoms with Gasteiger partial charge in [-0.25, -0.2) is 5.43 Å². The summed E-state index contributed by atoms with van der Waals surface area (Å²) in [5.74, 6) is 0.385. The Morgan fingerprint density at radius 1 is 0.946 bits per heavy atom. The van der Waals surface area contributed by atoms with Gasteiger partial charge in [0.1, 0.15) is 23.3 Å². The van der Waals surface area contributed by atoms with Gasteiger partial charge in [0.25, 0.3) is 11.8 Å². The quantitative estimate of drug-likeness (QED) is 0.198. The summed E-state index contributed by atoms with van der Waals surface area (Å²) >= 11 is 24.2. The second-order valence-corrected chi connectivity index (χ2v) is 10.3. The van der Waals surface area contributed by atoms with Crippen molar-refractivity contribution in [3.8, 4) is 17.1 Å². The predicted molar refractivity (Wildman–Crippen MR) is 148 cm³/mol. The molecule has 0 saturated carbocycles. The van der Waals surface area contributed by atoms with Gasteiger partial charge in [0.05, 0.1) is 16.3 Å². The van der Waals surface area contributed by atoms with Crippen LogP contribution in [0.15, 0.2) is 58.0 Å². The minimum atomic E-state index is -0.911. The van der Waals surface area contributed by atoms with Gasteiger partial charge in [-0.15, -0.1) is 0 Å². The van der Waals surface area contributed by atoms with Gasteiger partial charge in [0.15, 0.2) is 6.10 Å². The number of hydrogen-bond donors (Lipinski definition) is 2. The van der Waals surface area contributed by atoms with E-state index >= 15 is 0 Å². The molecule has 0 fully saturated rings. The number of furan rings is 1. The number of hydrazone groups is 1. The molecule has 2 atom stereocenters. The lowest BCUT2D eigenvalue weighted by Crippen LogP contribution is -2.49. The molecule has 2 N–H and O–H groups in total. The van der Waals surface area contributed by atoms with Crippen molar-refractivity contribution in [3.05, 3.63) is 74.4 Å². The van der Waals surface area contributed by atoms with E-state index in [1.165, 1.54) is 12.3 Å². The Morgan fingerprint density at radius 3 is 2.27 bits per heavy atom. The van der Waals surface area contributed by atoms with Crippen LogP contribution in [-0.2, 0) is 9.59 Å². The highest BCUT2D eigenvalue weighted by Gasteiger charge is 2.25. The van der Waals surface area contributed by atoms with Crippen LogP contribution >= 0.6 is 46.4 Å². The second kappa shape index (κ2) is 13.2. The molecule has 7 nitrogen and oxygen atoms in total. The molecule has 3 aromatic rings. The van der Waals surface area contributed by atoms with Crippen LogP contribution in [0.1, 0.15) is 33.0 Å². The van der Waals surface area contributed by atoms with E-state index in [0.29, 0.717) is 44.3 Å². The third-order valence-electron chi connectivity index (χ3n) is 5.10. The lowest BCUT2D eigenvalue weighted by atomic mass is 10.0. The highest BCUT2D eigenvalue weighted by molar-refractivity contribution is 6.36. The number of halogens is 4. The third-order valence-corrected chi connectivity index (χ3v) is 6.18. The molecule has 2 amide bonds. The largest absolute Gasteiger partial charge is 0.479 e. The molecule has 11 heteroatoms. The Balaban J connectivity index is 1.61. The molecule has 3 rings (SSSR count). The van der Waals surface area contributed by atoms with Crippen LogP contribution in [-0.4, -0.2) is 30.2 Å². The van der Waals surface area contributed by atoms with Crippen LogP contribution in [0.2, 0.25) is 20.1 Å². The fraction of sp³-hybridized carbons (Fsp3) is 0.269. The average Bonchev–Trinajstić information content (AvgIpc) is 3.28. The Bertz CT molecular complexity index is 1290. The number of hydrogen-bond acceptors (Lipinski definition) is 5. The molecule has 0 bridgehead atoms. The van der Waals surface area contributed by atoms with Crippen LogP contribution in [0.25, 0.3) is 11.3 Å². The molecule has 0 aliphatic heterocycles. The van der Waals surface area contributed by atoms with E-state index in [4.69, 9.17) is 55.6 Å². The molecule has 0 aliphatic rings. The first-order chi connectivity index (χ1) is 17.5. The average molecular weight is 585 g/mol. The number of nitrogens with one attached hydrogen (secondary N) is 2. The highest BCUT2D eigenvalue weighted by Crippen LogP contribution is 2.31. The molecule has 0 saturated heterocycles. The Kier molecular flexibility index (Phi) is 10.3. The smallest absolute Gasteiger partial charge is 0.262 e. The summed E-state index contributed by atoms with van der Waals surface area (Å²) in [6.07, 6.45) is 0.834. The first kappa shape index (κ1) is 28.9. The Hall–Kier alpha value is -2.71. The molecule has 196 valence electrons. The van der Waals surface area contributed by atoms with Gasteiger partial charge in [0.2, 0.25) is 0 Å². The zero-order chi connectivity index (χ0) is 27.1. The molecule has 1 aromatic heterocycles. The third kappa shape index (κ3) is 8.40. The highest BCUT2D eigenvalue weighted by atomic mass is 35.5. The molecule has 0 radical (unpaired) electrons. The molecule has 1 heterocycles. The summed E-state index contributed by atoms with van der Waals surface area (Å²) in [5.41, 5.74) is 3.12. The fourth-order valence-corrected chi connectivity index (χ4v) is 4.26. The number of ether oxygens (including phenoxy) is 1. The number of nitrogens with zero attached hydrogens (tertiary/aromatic N) is 1. The summed E-state index contributed by atoms with van der Waals surface area (Å²) in [7, 11) is 0. The lowest BCUT2D eigenvalue weighted by Gasteiger charge is -2.22. The summed E-state index contributed by atoms with van der Waals surface area (Å²) in [4.78, 5) is 25.5. The minimum absolute atomic E-state index is 0.124. The predicted octanol–water partition coefficient (Wildman–Crippen LogP) is 7.01. The lowest BCUT2D eigenvalue weighted by molar-refractivity contribution is -0.132. The maximum Gasteiger partial charge on any atom is 0.262 e. The Morgan fingerprint density at radius 2 is 1.62 bits per heavy atom. The minimum Gasteiger partial charge on any atom is -0.479 e. The van der Waals surface area contributed by atoms with Crippen LogP contribution in [0.4, 0.5) is 0 Å². The molecule has 0 aliphatic carbocycles. The van der Waals surface area contributed by atoms with Gasteiger partial charge in [-0.1, -0.05) is 60.3 Å². The summed E-state index contributed by atoms with van der Waals surface area (Å²) in [6.45, 7) is 5.44. The molecular weight excluding hydrogens is 560 g/mol. The van der Waals surface area contributed by atoms with Crippen LogP contribution in [0.3, 0.4) is 0 Å². The van der Waals surface area contributed by atoms with Gasteiger partial charge in [-0.2, -0.15) is 5.10 Å². The Labute approximate surface area is 235 Å². The van der Waals surface area contributed by atoms with E-state index in [1.54, 1.807) is 49.4 Å². The standard InChI is InChI=1S/C26H25Cl4N3O4/c1-14(2)10-22(32-25(34)15(3)36-24-8-5-17(28)12-21(24)30)26(35)33-31-13-18-6-9-23(37-18)19-7-4-16(27)11-20(19)29/h4-9,11-15,22H,10H2,1-3H3,(H,32,34)(H,33,35)/b31-13-/t15-,22-/m0/s1. The number of benzene rings is 2. The van der Waals surface area contributed by atoms with Crippen LogP contribution in [0, 0.1) is 5.92 Å². The van der Waals surface area contributed by atoms with E-state index in [1.807, 2.05) is 13.8 Å². The molecule has 0 unspecified atom stereocenters. The van der Waals surface area contributed by atoms with Crippen LogP contribution < -0.4 is 15.5 Å². The van der Waals surface area contributed by atoms with Gasteiger partial charge >= 0.3 is 0 Å². The van der Waals surface area contributed by atoms with Crippen LogP contribution in [0.5, 0.6) is 5.75 Å². The molecule has 2 aromatic carbocycles. The monoisotopic (exact) mass is 583 g/mol. The fourth-order valence-electron chi connectivity index (χ4n) is 3.30. The van der Waals surface area contributed by atoms with E-state index in [2.05, 4.69) is 15.8 Å². The van der Waals surface area contributed by atoms with E-state index < -0.39 is 24.0 Å². The van der Waals surface area contributed by atoms with E-state index in [0.717, 1.165) is 0 Å². The van der Waals surface area contributed by atoms with Crippen molar-refractivity contribution in [1.29, 1.82) is 0 Å². The van der Waals surface area contributed by atoms with Gasteiger partial charge in [0, 0.05) is 15.6 Å². The number of rotatable bonds is 10. The molecule has 0 spiro atoms. The number of amides is 2. The first-order valence-corrected chi connectivity index (χ1v) is 12.8. The van der Waals surface area contributed by atoms with Gasteiger partial charge in [-0.05, 0) is 67.8 Å². The van der Waals surface area contributed by atoms with E-state index in [-0.39, 0.29) is 10.9 Å². The first-order valence-electron chi connectivity index (χ1n) is 11.3. The van der Waals surface area contributed by atoms with Crippen molar-refractivity contribution >= 4 is 64.4 Å². The second-order valence-electron chi connectivity index (χ2n) is 8.59. The van der Waals surface area contributed by atoms with Crippen molar-refractivity contribution in [2.24, 2.45) is 11.0 Å².